The largest absolute Gasteiger partial charge is 0.497 e. The molecule has 0 bridgehead atoms. The summed E-state index contributed by atoms with van der Waals surface area (Å²) in [5.41, 5.74) is 2.38. The molecule has 166 valence electrons. The average Bonchev–Trinajstić information content (AvgIpc) is 3.31. The van der Waals surface area contributed by atoms with Crippen LogP contribution in [0.1, 0.15) is 24.1 Å². The molecule has 1 atom stereocenters. The molecule has 0 fully saturated rings. The molecule has 0 saturated heterocycles. The van der Waals surface area contributed by atoms with Gasteiger partial charge in [-0.15, -0.1) is 0 Å². The van der Waals surface area contributed by atoms with Gasteiger partial charge >= 0.3 is 5.97 Å². The molecule has 0 radical (unpaired) electrons. The van der Waals surface area contributed by atoms with E-state index in [-0.39, 0.29) is 6.61 Å². The van der Waals surface area contributed by atoms with Crippen LogP contribution in [0.2, 0.25) is 0 Å². The van der Waals surface area contributed by atoms with E-state index in [0.29, 0.717) is 40.0 Å². The maximum absolute atomic E-state index is 13.3. The third-order valence-electron chi connectivity index (χ3n) is 5.17. The fourth-order valence-electron chi connectivity index (χ4n) is 3.80. The van der Waals surface area contributed by atoms with Crippen molar-refractivity contribution in [3.05, 3.63) is 65.5 Å². The fraction of sp³-hybridized carbons (Fsp3) is 0.261. The highest BCUT2D eigenvalue weighted by Crippen LogP contribution is 2.46. The first-order valence-corrected chi connectivity index (χ1v) is 10.1. The van der Waals surface area contributed by atoms with Gasteiger partial charge in [0.05, 0.1) is 39.2 Å². The van der Waals surface area contributed by atoms with Crippen molar-refractivity contribution in [2.24, 2.45) is 0 Å². The summed E-state index contributed by atoms with van der Waals surface area (Å²) in [6, 6.07) is 12.3. The van der Waals surface area contributed by atoms with Crippen molar-refractivity contribution >= 4 is 17.6 Å². The van der Waals surface area contributed by atoms with Crippen LogP contribution in [0.5, 0.6) is 17.2 Å². The zero-order valence-corrected chi connectivity index (χ0v) is 18.3. The maximum Gasteiger partial charge on any atom is 0.338 e. The number of esters is 1. The van der Waals surface area contributed by atoms with Crippen molar-refractivity contribution in [2.75, 3.05) is 33.3 Å². The number of ether oxygens (including phenoxy) is 4. The second-order valence-electron chi connectivity index (χ2n) is 6.88. The van der Waals surface area contributed by atoms with E-state index in [9.17, 15) is 4.79 Å². The molecule has 3 aromatic rings. The second kappa shape index (κ2) is 9.01. The van der Waals surface area contributed by atoms with E-state index in [1.165, 1.54) is 6.33 Å². The quantitative estimate of drug-likeness (QED) is 0.564. The Bertz CT molecular complexity index is 1160. The first-order valence-electron chi connectivity index (χ1n) is 10.1. The lowest BCUT2D eigenvalue weighted by atomic mass is 9.92. The van der Waals surface area contributed by atoms with Gasteiger partial charge < -0.3 is 24.3 Å². The summed E-state index contributed by atoms with van der Waals surface area (Å²) in [5, 5.41) is 7.63. The van der Waals surface area contributed by atoms with Crippen LogP contribution in [0, 0.1) is 0 Å². The van der Waals surface area contributed by atoms with E-state index in [1.54, 1.807) is 45.1 Å². The molecule has 1 aliphatic rings. The van der Waals surface area contributed by atoms with Crippen molar-refractivity contribution in [1.82, 2.24) is 14.8 Å². The van der Waals surface area contributed by atoms with Gasteiger partial charge in [-0.25, -0.2) is 9.48 Å². The molecule has 1 aromatic heterocycles. The van der Waals surface area contributed by atoms with Crippen LogP contribution in [0.3, 0.4) is 0 Å². The number of carbonyl (C=O) groups excluding carboxylic acids is 1. The minimum Gasteiger partial charge on any atom is -0.497 e. The maximum atomic E-state index is 13.3. The molecule has 0 spiro atoms. The molecule has 1 N–H and O–H groups in total. The Labute approximate surface area is 185 Å². The van der Waals surface area contributed by atoms with Crippen molar-refractivity contribution in [1.29, 1.82) is 0 Å². The number of carbonyl (C=O) groups is 1. The number of aromatic nitrogens is 3. The van der Waals surface area contributed by atoms with Crippen LogP contribution in [0.4, 0.5) is 5.95 Å². The zero-order chi connectivity index (χ0) is 22.7. The standard InChI is InChI=1S/C23H24N4O5/c1-5-32-22(28)18-19(14-9-7-6-8-10-14)26-23-24-13-25-27(23)20(18)16-11-15(29-2)12-17(30-3)21(16)31-4/h6-13,20H,5H2,1-4H3,(H,24,25,26)/t20-/m1/s1. The molecule has 2 aromatic carbocycles. The van der Waals surface area contributed by atoms with E-state index < -0.39 is 12.0 Å². The number of fused-ring (bicyclic) bond motifs is 1. The molecule has 0 amide bonds. The Kier molecular flexibility index (Phi) is 5.98. The van der Waals surface area contributed by atoms with Crippen LogP contribution < -0.4 is 19.5 Å². The SMILES string of the molecule is CCOC(=O)C1=C(c2ccccc2)Nc2ncnn2[C@@H]1c1cc(OC)cc(OC)c1OC. The average molecular weight is 436 g/mol. The third-order valence-corrected chi connectivity index (χ3v) is 5.17. The van der Waals surface area contributed by atoms with Gasteiger partial charge in [0, 0.05) is 11.6 Å². The van der Waals surface area contributed by atoms with E-state index >= 15 is 0 Å². The van der Waals surface area contributed by atoms with E-state index in [4.69, 9.17) is 18.9 Å². The highest BCUT2D eigenvalue weighted by atomic mass is 16.5. The molecule has 0 aliphatic carbocycles. The van der Waals surface area contributed by atoms with Gasteiger partial charge in [0.1, 0.15) is 18.1 Å². The molecule has 0 unspecified atom stereocenters. The van der Waals surface area contributed by atoms with Gasteiger partial charge in [0.25, 0.3) is 0 Å². The third kappa shape index (κ3) is 3.62. The van der Waals surface area contributed by atoms with Gasteiger partial charge in [0.2, 0.25) is 5.95 Å². The minimum atomic E-state index is -0.707. The van der Waals surface area contributed by atoms with Gasteiger partial charge in [-0.05, 0) is 18.6 Å². The molecule has 4 rings (SSSR count). The Morgan fingerprint density at radius 2 is 1.88 bits per heavy atom. The Balaban J connectivity index is 2.05. The molecular weight excluding hydrogens is 412 g/mol. The Morgan fingerprint density at radius 3 is 2.53 bits per heavy atom. The summed E-state index contributed by atoms with van der Waals surface area (Å²) < 4.78 is 23.8. The molecule has 9 nitrogen and oxygen atoms in total. The number of nitrogens with one attached hydrogen (secondary N) is 1. The molecule has 0 saturated carbocycles. The minimum absolute atomic E-state index is 0.222. The van der Waals surface area contributed by atoms with Crippen LogP contribution in [-0.4, -0.2) is 48.7 Å². The van der Waals surface area contributed by atoms with Gasteiger partial charge in [0.15, 0.2) is 11.5 Å². The van der Waals surface area contributed by atoms with Crippen LogP contribution in [0.15, 0.2) is 54.4 Å². The van der Waals surface area contributed by atoms with E-state index in [1.807, 2.05) is 30.3 Å². The van der Waals surface area contributed by atoms with Crippen LogP contribution >= 0.6 is 0 Å². The molecular formula is C23H24N4O5. The normalized spacial score (nSPS) is 14.9. The lowest BCUT2D eigenvalue weighted by Gasteiger charge is -2.30. The van der Waals surface area contributed by atoms with Crippen molar-refractivity contribution in [3.63, 3.8) is 0 Å². The highest BCUT2D eigenvalue weighted by molar-refractivity contribution is 6.02. The monoisotopic (exact) mass is 436 g/mol. The zero-order valence-electron chi connectivity index (χ0n) is 18.3. The lowest BCUT2D eigenvalue weighted by Crippen LogP contribution is -2.30. The molecule has 9 heteroatoms. The number of nitrogens with zero attached hydrogens (tertiary/aromatic N) is 3. The van der Waals surface area contributed by atoms with Crippen molar-refractivity contribution < 1.29 is 23.7 Å². The summed E-state index contributed by atoms with van der Waals surface area (Å²) in [7, 11) is 4.65. The number of benzene rings is 2. The summed E-state index contributed by atoms with van der Waals surface area (Å²) >= 11 is 0. The van der Waals surface area contributed by atoms with Crippen molar-refractivity contribution in [3.8, 4) is 17.2 Å². The van der Waals surface area contributed by atoms with E-state index in [2.05, 4.69) is 15.4 Å². The van der Waals surface area contributed by atoms with Crippen molar-refractivity contribution in [2.45, 2.75) is 13.0 Å². The lowest BCUT2D eigenvalue weighted by molar-refractivity contribution is -0.138. The molecule has 32 heavy (non-hydrogen) atoms. The number of methoxy groups -OCH3 is 3. The molecule has 1 aliphatic heterocycles. The summed E-state index contributed by atoms with van der Waals surface area (Å²) in [4.78, 5) is 17.7. The number of hydrogen-bond donors (Lipinski definition) is 1. The smallest absolute Gasteiger partial charge is 0.338 e. The van der Waals surface area contributed by atoms with Crippen LogP contribution in [-0.2, 0) is 9.53 Å². The summed E-state index contributed by atoms with van der Waals surface area (Å²) in [5.74, 6) is 1.46. The number of anilines is 1. The first-order chi connectivity index (χ1) is 15.6. The van der Waals surface area contributed by atoms with Crippen LogP contribution in [0.25, 0.3) is 5.70 Å². The Hall–Kier alpha value is -4.01. The number of rotatable bonds is 7. The predicted molar refractivity (Wildman–Crippen MR) is 118 cm³/mol. The highest BCUT2D eigenvalue weighted by Gasteiger charge is 2.38. The predicted octanol–water partition coefficient (Wildman–Crippen LogP) is 3.29. The topological polar surface area (TPSA) is 96.7 Å². The first kappa shape index (κ1) is 21.2. The van der Waals surface area contributed by atoms with E-state index in [0.717, 1.165) is 5.56 Å². The number of hydrogen-bond acceptors (Lipinski definition) is 8. The molecule has 2 heterocycles. The second-order valence-corrected chi connectivity index (χ2v) is 6.88. The van der Waals surface area contributed by atoms with Gasteiger partial charge in [-0.1, -0.05) is 30.3 Å². The summed E-state index contributed by atoms with van der Waals surface area (Å²) in [6.07, 6.45) is 1.43. The van der Waals surface area contributed by atoms with Gasteiger partial charge in [-0.2, -0.15) is 10.1 Å². The Morgan fingerprint density at radius 1 is 1.09 bits per heavy atom. The fourth-order valence-corrected chi connectivity index (χ4v) is 3.80. The van der Waals surface area contributed by atoms with Gasteiger partial charge in [-0.3, -0.25) is 0 Å². The summed E-state index contributed by atoms with van der Waals surface area (Å²) in [6.45, 7) is 1.99.